The van der Waals surface area contributed by atoms with Crippen molar-refractivity contribution in [3.05, 3.63) is 70.8 Å². The summed E-state index contributed by atoms with van der Waals surface area (Å²) in [6.45, 7) is 7.78. The zero-order chi connectivity index (χ0) is 32.3. The predicted molar refractivity (Wildman–Crippen MR) is 157 cm³/mol. The van der Waals surface area contributed by atoms with Gasteiger partial charge in [0.1, 0.15) is 17.2 Å². The van der Waals surface area contributed by atoms with Gasteiger partial charge in [0.15, 0.2) is 0 Å². The minimum atomic E-state index is -1.95. The fraction of sp³-hybridized carbons (Fsp3) is 0.355. The number of carboxylic acid groups (broad SMARTS) is 1. The number of aliphatic carboxylic acids is 1. The summed E-state index contributed by atoms with van der Waals surface area (Å²) in [6.07, 6.45) is 1.45. The number of carboxylic acids is 1. The summed E-state index contributed by atoms with van der Waals surface area (Å²) < 4.78 is 15.5. The van der Waals surface area contributed by atoms with Gasteiger partial charge in [-0.15, -0.1) is 0 Å². The van der Waals surface area contributed by atoms with Gasteiger partial charge in [0.25, 0.3) is 5.91 Å². The van der Waals surface area contributed by atoms with Crippen molar-refractivity contribution in [2.24, 2.45) is 5.73 Å². The van der Waals surface area contributed by atoms with E-state index < -0.39 is 41.4 Å². The zero-order valence-corrected chi connectivity index (χ0v) is 24.8. The lowest BCUT2D eigenvalue weighted by atomic mass is 10.1. The van der Waals surface area contributed by atoms with Crippen molar-refractivity contribution in [1.29, 1.82) is 5.41 Å². The maximum Gasteiger partial charge on any atom is 0.343 e. The molecule has 0 spiro atoms. The summed E-state index contributed by atoms with van der Waals surface area (Å²) in [6, 6.07) is 10.3. The first-order valence-electron chi connectivity index (χ1n) is 13.5. The Kier molecular flexibility index (Phi) is 12.2. The Morgan fingerprint density at radius 1 is 1.00 bits per heavy atom. The van der Waals surface area contributed by atoms with Gasteiger partial charge in [-0.25, -0.2) is 14.4 Å². The molecule has 0 saturated carbocycles. The number of nitrogens with two attached hydrogens (primary N) is 1. The van der Waals surface area contributed by atoms with E-state index in [1.165, 1.54) is 37.3 Å². The molecule has 0 aliphatic rings. The zero-order valence-electron chi connectivity index (χ0n) is 24.8. The molecule has 0 saturated heterocycles. The van der Waals surface area contributed by atoms with Crippen molar-refractivity contribution < 1.29 is 43.3 Å². The van der Waals surface area contributed by atoms with Crippen LogP contribution in [0.1, 0.15) is 68.9 Å². The number of benzene rings is 2. The molecule has 0 aliphatic heterocycles. The Morgan fingerprint density at radius 3 is 2.09 bits per heavy atom. The highest BCUT2D eigenvalue weighted by molar-refractivity contribution is 6.06. The summed E-state index contributed by atoms with van der Waals surface area (Å²) in [5.74, 6) is -4.44. The van der Waals surface area contributed by atoms with Gasteiger partial charge in [0.2, 0.25) is 6.04 Å². The number of hydrogen-bond donors (Lipinski definition) is 3. The second-order valence-electron chi connectivity index (χ2n) is 10.5. The molecular weight excluding hydrogens is 558 g/mol. The van der Waals surface area contributed by atoms with E-state index in [9.17, 15) is 29.1 Å². The number of esters is 3. The molecule has 0 aliphatic carbocycles. The monoisotopic (exact) mass is 595 g/mol. The Morgan fingerprint density at radius 2 is 1.58 bits per heavy atom. The van der Waals surface area contributed by atoms with Crippen molar-refractivity contribution in [3.63, 3.8) is 0 Å². The normalized spacial score (nSPS) is 12.1. The molecule has 2 rings (SSSR count). The van der Waals surface area contributed by atoms with E-state index in [2.05, 4.69) is 0 Å². The molecular formula is C31H37N3O9. The number of ether oxygens (including phenoxy) is 3. The highest BCUT2D eigenvalue weighted by Gasteiger charge is 2.39. The highest BCUT2D eigenvalue weighted by atomic mass is 16.6. The lowest BCUT2D eigenvalue weighted by molar-refractivity contribution is -0.171. The third kappa shape index (κ3) is 10.7. The third-order valence-electron chi connectivity index (χ3n) is 5.76. The van der Waals surface area contributed by atoms with Crippen LogP contribution in [0.5, 0.6) is 5.75 Å². The van der Waals surface area contributed by atoms with Gasteiger partial charge in [-0.1, -0.05) is 12.1 Å². The van der Waals surface area contributed by atoms with Gasteiger partial charge in [-0.05, 0) is 89.1 Å². The second kappa shape index (κ2) is 15.3. The van der Waals surface area contributed by atoms with Crippen LogP contribution in [0.15, 0.2) is 54.1 Å². The molecule has 1 unspecified atom stereocenters. The molecule has 43 heavy (non-hydrogen) atoms. The Bertz CT molecular complexity index is 1370. The molecule has 2 aromatic rings. The fourth-order valence-corrected chi connectivity index (χ4v) is 3.82. The number of amidine groups is 1. The van der Waals surface area contributed by atoms with Crippen LogP contribution >= 0.6 is 0 Å². The summed E-state index contributed by atoms with van der Waals surface area (Å²) in [5, 5.41) is 17.3. The molecule has 12 heteroatoms. The first-order chi connectivity index (χ1) is 20.1. The lowest BCUT2D eigenvalue weighted by Crippen LogP contribution is -2.52. The topological polar surface area (TPSA) is 186 Å². The SMILES string of the molecule is CCOC(=O)CCCN(C(=O)/C(C)=C/c1ccc(C(=O)Oc2ccc(C(=N)N)cc2)cc1)C(C(=O)O)C(=O)OC(C)(C)C. The maximum absolute atomic E-state index is 13.5. The number of nitrogens with zero attached hydrogens (tertiary/aromatic N) is 1. The van der Waals surface area contributed by atoms with E-state index in [1.807, 2.05) is 0 Å². The van der Waals surface area contributed by atoms with E-state index in [0.29, 0.717) is 11.1 Å². The molecule has 12 nitrogen and oxygen atoms in total. The predicted octanol–water partition coefficient (Wildman–Crippen LogP) is 3.56. The van der Waals surface area contributed by atoms with Gasteiger partial charge >= 0.3 is 23.9 Å². The van der Waals surface area contributed by atoms with Crippen LogP contribution in [-0.4, -0.2) is 70.4 Å². The van der Waals surface area contributed by atoms with Crippen molar-refractivity contribution in [2.45, 2.75) is 59.1 Å². The minimum Gasteiger partial charge on any atom is -0.479 e. The van der Waals surface area contributed by atoms with Crippen molar-refractivity contribution >= 4 is 41.7 Å². The lowest BCUT2D eigenvalue weighted by Gasteiger charge is -2.30. The van der Waals surface area contributed by atoms with Crippen LogP contribution in [-0.2, 0) is 28.7 Å². The molecule has 0 radical (unpaired) electrons. The molecule has 2 aromatic carbocycles. The smallest absolute Gasteiger partial charge is 0.343 e. The van der Waals surface area contributed by atoms with Gasteiger partial charge < -0.3 is 30.0 Å². The Labute approximate surface area is 249 Å². The second-order valence-corrected chi connectivity index (χ2v) is 10.5. The van der Waals surface area contributed by atoms with Crippen molar-refractivity contribution in [3.8, 4) is 5.75 Å². The van der Waals surface area contributed by atoms with Gasteiger partial charge in [0.05, 0.1) is 12.2 Å². The first-order valence-corrected chi connectivity index (χ1v) is 13.5. The Hall–Kier alpha value is -5.00. The molecule has 0 bridgehead atoms. The van der Waals surface area contributed by atoms with Gasteiger partial charge in [-0.2, -0.15) is 0 Å². The van der Waals surface area contributed by atoms with Crippen LogP contribution in [0.2, 0.25) is 0 Å². The van der Waals surface area contributed by atoms with E-state index in [4.69, 9.17) is 25.4 Å². The number of hydrogen-bond acceptors (Lipinski definition) is 9. The van der Waals surface area contributed by atoms with Crippen LogP contribution < -0.4 is 10.5 Å². The number of amides is 1. The molecule has 0 heterocycles. The summed E-state index contributed by atoms with van der Waals surface area (Å²) in [5.41, 5.74) is 5.76. The van der Waals surface area contributed by atoms with Gasteiger partial charge in [-0.3, -0.25) is 15.0 Å². The largest absolute Gasteiger partial charge is 0.479 e. The third-order valence-corrected chi connectivity index (χ3v) is 5.76. The van der Waals surface area contributed by atoms with E-state index in [0.717, 1.165) is 4.90 Å². The summed E-state index contributed by atoms with van der Waals surface area (Å²) in [7, 11) is 0. The maximum atomic E-state index is 13.5. The number of nitrogen functional groups attached to an aromatic ring is 1. The molecule has 1 atom stereocenters. The average molecular weight is 596 g/mol. The highest BCUT2D eigenvalue weighted by Crippen LogP contribution is 2.19. The quantitative estimate of drug-likeness (QED) is 0.0772. The summed E-state index contributed by atoms with van der Waals surface area (Å²) in [4.78, 5) is 63.7. The van der Waals surface area contributed by atoms with Crippen LogP contribution in [0.25, 0.3) is 6.08 Å². The van der Waals surface area contributed by atoms with Crippen LogP contribution in [0, 0.1) is 5.41 Å². The Balaban J connectivity index is 2.25. The number of carbonyl (C=O) groups is 5. The number of rotatable bonds is 13. The molecule has 230 valence electrons. The molecule has 0 aromatic heterocycles. The van der Waals surface area contributed by atoms with E-state index in [-0.39, 0.29) is 48.7 Å². The number of nitrogens with one attached hydrogen (secondary N) is 1. The van der Waals surface area contributed by atoms with Gasteiger partial charge in [0, 0.05) is 24.1 Å². The first kappa shape index (κ1) is 34.2. The molecule has 0 fully saturated rings. The summed E-state index contributed by atoms with van der Waals surface area (Å²) >= 11 is 0. The fourth-order valence-electron chi connectivity index (χ4n) is 3.82. The minimum absolute atomic E-state index is 0.0543. The molecule has 4 N–H and O–H groups in total. The molecule has 1 amide bonds. The standard InChI is InChI=1S/C31H37N3O9/c1-6-41-24(35)8-7-17-34(25(28(37)38)30(40)43-31(3,4)5)27(36)19(2)18-20-9-11-22(12-10-20)29(39)42-23-15-13-21(14-16-23)26(32)33/h9-16,18,25H,6-8,17H2,1-5H3,(H3,32,33)(H,37,38)/b19-18+. The van der Waals surface area contributed by atoms with Crippen molar-refractivity contribution in [1.82, 2.24) is 4.90 Å². The van der Waals surface area contributed by atoms with Crippen molar-refractivity contribution in [2.75, 3.05) is 13.2 Å². The van der Waals surface area contributed by atoms with E-state index >= 15 is 0 Å². The van der Waals surface area contributed by atoms with Crippen LogP contribution in [0.3, 0.4) is 0 Å². The van der Waals surface area contributed by atoms with E-state index in [1.54, 1.807) is 52.0 Å². The van der Waals surface area contributed by atoms with Crippen LogP contribution in [0.4, 0.5) is 0 Å². The number of carbonyl (C=O) groups excluding carboxylic acids is 4. The average Bonchev–Trinajstić information content (AvgIpc) is 2.91.